The minimum Gasteiger partial charge on any atom is -0.487 e. The lowest BCUT2D eigenvalue weighted by Crippen LogP contribution is -2.61. The largest absolute Gasteiger partial charge is 0.487 e. The number of hydrogen-bond acceptors (Lipinski definition) is 5. The lowest BCUT2D eigenvalue weighted by Gasteiger charge is -2.40. The Morgan fingerprint density at radius 3 is 2.64 bits per heavy atom. The number of amides is 2. The molecule has 0 radical (unpaired) electrons. The molecular weight excluding hydrogens is 528 g/mol. The van der Waals surface area contributed by atoms with Crippen molar-refractivity contribution in [1.29, 1.82) is 0 Å². The summed E-state index contributed by atoms with van der Waals surface area (Å²) in [4.78, 5) is 31.5. The summed E-state index contributed by atoms with van der Waals surface area (Å²) in [5.74, 6) is -1.18. The van der Waals surface area contributed by atoms with Gasteiger partial charge < -0.3 is 15.0 Å². The zero-order valence-electron chi connectivity index (χ0n) is 21.7. The highest BCUT2D eigenvalue weighted by molar-refractivity contribution is 6.31. The molecule has 39 heavy (non-hydrogen) atoms. The SMILES string of the molecule is Cc1cc(-n2cc(F)cn2)c2cccc(OCc3c(Cl)cc(F)cc3[C@H](C)N3C(=O)[C@H](C)NC(=O)[C@@H]3C)c2n1. The Bertz CT molecular complexity index is 1610. The van der Waals surface area contributed by atoms with Gasteiger partial charge in [-0.25, -0.2) is 18.4 Å². The average molecular weight is 554 g/mol. The molecule has 4 aromatic rings. The molecule has 2 amide bonds. The number of benzene rings is 2. The standard InChI is InChI=1S/C28H26ClF2N5O3/c1-14-8-24(35-12-19(31)11-32-35)20-6-5-7-25(26(20)33-14)39-13-22-21(9-18(30)10-23(22)29)16(3)36-17(4)27(37)34-15(2)28(36)38/h5-12,15-17H,13H2,1-4H3,(H,34,37)/t15-,16-,17-/m0/s1. The molecule has 2 aromatic heterocycles. The van der Waals surface area contributed by atoms with E-state index in [9.17, 15) is 18.4 Å². The van der Waals surface area contributed by atoms with E-state index in [2.05, 4.69) is 15.4 Å². The monoisotopic (exact) mass is 553 g/mol. The summed E-state index contributed by atoms with van der Waals surface area (Å²) >= 11 is 6.50. The van der Waals surface area contributed by atoms with E-state index in [4.69, 9.17) is 16.3 Å². The van der Waals surface area contributed by atoms with Crippen molar-refractivity contribution in [1.82, 2.24) is 25.0 Å². The molecule has 3 heterocycles. The maximum absolute atomic E-state index is 14.6. The van der Waals surface area contributed by atoms with E-state index >= 15 is 0 Å². The molecule has 1 N–H and O–H groups in total. The molecule has 3 atom stereocenters. The molecule has 1 saturated heterocycles. The normalized spacial score (nSPS) is 18.4. The molecule has 1 aliphatic heterocycles. The number of pyridine rings is 1. The van der Waals surface area contributed by atoms with Gasteiger partial charge in [-0.3, -0.25) is 9.59 Å². The van der Waals surface area contributed by atoms with E-state index < -0.39 is 29.8 Å². The second-order valence-corrected chi connectivity index (χ2v) is 10.0. The fraction of sp³-hybridized carbons (Fsp3) is 0.286. The lowest BCUT2D eigenvalue weighted by molar-refractivity contribution is -0.150. The van der Waals surface area contributed by atoms with E-state index in [-0.39, 0.29) is 23.4 Å². The molecule has 0 saturated carbocycles. The van der Waals surface area contributed by atoms with Gasteiger partial charge in [-0.2, -0.15) is 5.10 Å². The van der Waals surface area contributed by atoms with Crippen LogP contribution in [0.25, 0.3) is 16.6 Å². The number of nitrogens with zero attached hydrogens (tertiary/aromatic N) is 4. The maximum atomic E-state index is 14.6. The van der Waals surface area contributed by atoms with Crippen molar-refractivity contribution in [3.05, 3.63) is 82.3 Å². The number of hydrogen-bond donors (Lipinski definition) is 1. The van der Waals surface area contributed by atoms with Crippen LogP contribution in [-0.4, -0.2) is 43.6 Å². The molecule has 0 unspecified atom stereocenters. The van der Waals surface area contributed by atoms with Gasteiger partial charge in [0.25, 0.3) is 0 Å². The smallest absolute Gasteiger partial charge is 0.246 e. The van der Waals surface area contributed by atoms with Crippen LogP contribution in [0.1, 0.15) is 43.6 Å². The van der Waals surface area contributed by atoms with E-state index in [0.29, 0.717) is 39.2 Å². The minimum atomic E-state index is -0.754. The Kier molecular flexibility index (Phi) is 6.98. The molecule has 1 fully saturated rings. The minimum absolute atomic E-state index is 0.0581. The first-order valence-corrected chi connectivity index (χ1v) is 12.8. The van der Waals surface area contributed by atoms with Gasteiger partial charge in [0, 0.05) is 16.6 Å². The zero-order valence-corrected chi connectivity index (χ0v) is 22.5. The molecule has 202 valence electrons. The number of carbonyl (C=O) groups excluding carboxylic acids is 2. The van der Waals surface area contributed by atoms with Gasteiger partial charge in [0.05, 0.1) is 29.1 Å². The molecule has 0 spiro atoms. The van der Waals surface area contributed by atoms with Crippen LogP contribution in [0.2, 0.25) is 5.02 Å². The molecule has 0 bridgehead atoms. The van der Waals surface area contributed by atoms with Gasteiger partial charge in [0.2, 0.25) is 11.8 Å². The van der Waals surface area contributed by atoms with Gasteiger partial charge in [0.15, 0.2) is 5.82 Å². The Balaban J connectivity index is 1.52. The highest BCUT2D eigenvalue weighted by Crippen LogP contribution is 2.35. The van der Waals surface area contributed by atoms with Crippen molar-refractivity contribution in [2.45, 2.75) is 52.4 Å². The summed E-state index contributed by atoms with van der Waals surface area (Å²) in [6.45, 7) is 6.71. The third-order valence-corrected chi connectivity index (χ3v) is 7.26. The van der Waals surface area contributed by atoms with Crippen LogP contribution < -0.4 is 10.1 Å². The quantitative estimate of drug-likeness (QED) is 0.361. The summed E-state index contributed by atoms with van der Waals surface area (Å²) in [7, 11) is 0. The van der Waals surface area contributed by atoms with Crippen LogP contribution in [0, 0.1) is 18.6 Å². The fourth-order valence-corrected chi connectivity index (χ4v) is 5.25. The molecule has 1 aliphatic rings. The Labute approximate surface area is 228 Å². The number of halogens is 3. The average Bonchev–Trinajstić information content (AvgIpc) is 3.32. The van der Waals surface area contributed by atoms with Crippen LogP contribution in [0.3, 0.4) is 0 Å². The second kappa shape index (κ2) is 10.3. The molecular formula is C28H26ClF2N5O3. The first-order valence-electron chi connectivity index (χ1n) is 12.4. The zero-order chi connectivity index (χ0) is 28.0. The van der Waals surface area contributed by atoms with Crippen LogP contribution >= 0.6 is 11.6 Å². The topological polar surface area (TPSA) is 89.4 Å². The van der Waals surface area contributed by atoms with Crippen molar-refractivity contribution in [2.75, 3.05) is 0 Å². The summed E-state index contributed by atoms with van der Waals surface area (Å²) < 4.78 is 35.9. The van der Waals surface area contributed by atoms with Crippen LogP contribution in [0.15, 0.2) is 48.8 Å². The van der Waals surface area contributed by atoms with Crippen molar-refractivity contribution in [3.8, 4) is 11.4 Å². The van der Waals surface area contributed by atoms with Crippen LogP contribution in [-0.2, 0) is 16.2 Å². The summed E-state index contributed by atoms with van der Waals surface area (Å²) in [6, 6.07) is 7.51. The number of aryl methyl sites for hydroxylation is 1. The number of nitrogens with one attached hydrogen (secondary N) is 1. The summed E-state index contributed by atoms with van der Waals surface area (Å²) in [5, 5.41) is 7.54. The van der Waals surface area contributed by atoms with Crippen molar-refractivity contribution >= 4 is 34.3 Å². The van der Waals surface area contributed by atoms with Gasteiger partial charge in [-0.05, 0) is 57.5 Å². The van der Waals surface area contributed by atoms with Gasteiger partial charge >= 0.3 is 0 Å². The molecule has 0 aliphatic carbocycles. The van der Waals surface area contributed by atoms with E-state index in [1.807, 2.05) is 13.0 Å². The van der Waals surface area contributed by atoms with E-state index in [0.717, 1.165) is 6.20 Å². The van der Waals surface area contributed by atoms with Crippen LogP contribution in [0.5, 0.6) is 5.75 Å². The summed E-state index contributed by atoms with van der Waals surface area (Å²) in [5.41, 5.74) is 2.73. The second-order valence-electron chi connectivity index (χ2n) is 9.61. The Morgan fingerprint density at radius 2 is 1.92 bits per heavy atom. The van der Waals surface area contributed by atoms with E-state index in [1.165, 1.54) is 27.9 Å². The number of aromatic nitrogens is 3. The first kappa shape index (κ1) is 26.6. The van der Waals surface area contributed by atoms with Crippen molar-refractivity contribution in [3.63, 3.8) is 0 Å². The number of para-hydroxylation sites is 1. The van der Waals surface area contributed by atoms with E-state index in [1.54, 1.807) is 39.0 Å². The number of piperazine rings is 1. The van der Waals surface area contributed by atoms with Gasteiger partial charge in [0.1, 0.15) is 35.8 Å². The third-order valence-electron chi connectivity index (χ3n) is 6.92. The van der Waals surface area contributed by atoms with Gasteiger partial charge in [-0.15, -0.1) is 0 Å². The molecule has 8 nitrogen and oxygen atoms in total. The Morgan fingerprint density at radius 1 is 1.15 bits per heavy atom. The fourth-order valence-electron chi connectivity index (χ4n) is 4.98. The molecule has 5 rings (SSSR count). The van der Waals surface area contributed by atoms with Gasteiger partial charge in [-0.1, -0.05) is 23.7 Å². The summed E-state index contributed by atoms with van der Waals surface area (Å²) in [6.07, 6.45) is 2.40. The first-order chi connectivity index (χ1) is 18.5. The predicted octanol–water partition coefficient (Wildman–Crippen LogP) is 5.04. The lowest BCUT2D eigenvalue weighted by atomic mass is 9.96. The molecule has 11 heteroatoms. The number of fused-ring (bicyclic) bond motifs is 1. The van der Waals surface area contributed by atoms with Crippen molar-refractivity contribution in [2.24, 2.45) is 0 Å². The maximum Gasteiger partial charge on any atom is 0.246 e. The highest BCUT2D eigenvalue weighted by atomic mass is 35.5. The van der Waals surface area contributed by atoms with Crippen LogP contribution in [0.4, 0.5) is 8.78 Å². The predicted molar refractivity (Wildman–Crippen MR) is 142 cm³/mol. The molecule has 2 aromatic carbocycles. The van der Waals surface area contributed by atoms with Crippen molar-refractivity contribution < 1.29 is 23.1 Å². The number of rotatable bonds is 6. The Hall–Kier alpha value is -4.05. The number of carbonyl (C=O) groups is 2. The number of ether oxygens (including phenoxy) is 1. The highest BCUT2D eigenvalue weighted by Gasteiger charge is 2.39. The third kappa shape index (κ3) is 4.92.